The van der Waals surface area contributed by atoms with Crippen LogP contribution in [0.5, 0.6) is 0 Å². The van der Waals surface area contributed by atoms with E-state index in [0.717, 1.165) is 63.5 Å². The Hall–Kier alpha value is -4.41. The molecule has 11 nitrogen and oxygen atoms in total. The largest absolute Gasteiger partial charge is 0.370 e. The summed E-state index contributed by atoms with van der Waals surface area (Å²) in [6.07, 6.45) is 9.90. The number of nitrogens with two attached hydrogens (primary N) is 1. The number of piperidine rings is 1. The first-order chi connectivity index (χ1) is 23.3. The molecule has 4 amide bonds. The normalized spacial score (nSPS) is 20.5. The van der Waals surface area contributed by atoms with Gasteiger partial charge in [-0.1, -0.05) is 73.5 Å². The molecule has 2 heterocycles. The van der Waals surface area contributed by atoms with Crippen molar-refractivity contribution in [2.45, 2.75) is 89.3 Å². The summed E-state index contributed by atoms with van der Waals surface area (Å²) in [6.45, 7) is 4.82. The maximum Gasteiger partial charge on any atom is 0.246 e. The van der Waals surface area contributed by atoms with Gasteiger partial charge in [0.15, 0.2) is 5.96 Å². The molecule has 2 aromatic carbocycles. The zero-order chi connectivity index (χ0) is 34.3. The molecule has 260 valence electrons. The number of carbonyl (C=O) groups is 4. The standard InChI is InChI=1S/C22H26N2O2.C15H27N5O2/c1-2-24-20(16-19-12-7-4-8-13-19)22(26)23(17-21(24)25)15-9-14-18-10-5-3-6-11-18;16-15(17)20-7-3-4-11(9-20)8-13(18-10-21)14(22)19-12-5-1-2-6-12/h3-8,10-13,20H,2,9,14-17H2,1H3;10-13H,1-9H2,(H3,16,17)(H,18,21)(H,19,22)/t;11?,13-/m.0/s1. The minimum absolute atomic E-state index is 0.0488. The van der Waals surface area contributed by atoms with Gasteiger partial charge in [0.25, 0.3) is 0 Å². The van der Waals surface area contributed by atoms with E-state index < -0.39 is 6.04 Å². The third kappa shape index (κ3) is 10.8. The summed E-state index contributed by atoms with van der Waals surface area (Å²) in [5.41, 5.74) is 7.90. The maximum absolute atomic E-state index is 13.0. The predicted molar refractivity (Wildman–Crippen MR) is 187 cm³/mol. The van der Waals surface area contributed by atoms with Crippen LogP contribution >= 0.6 is 0 Å². The molecule has 2 aromatic rings. The number of amides is 4. The lowest BCUT2D eigenvalue weighted by Crippen LogP contribution is -2.60. The number of hydrogen-bond acceptors (Lipinski definition) is 5. The highest BCUT2D eigenvalue weighted by atomic mass is 16.2. The Balaban J connectivity index is 0.000000220. The van der Waals surface area contributed by atoms with Gasteiger partial charge in [0, 0.05) is 38.6 Å². The molecule has 5 rings (SSSR count). The minimum Gasteiger partial charge on any atom is -0.370 e. The van der Waals surface area contributed by atoms with Crippen LogP contribution in [0.3, 0.4) is 0 Å². The van der Waals surface area contributed by atoms with E-state index in [9.17, 15) is 19.2 Å². The van der Waals surface area contributed by atoms with Crippen molar-refractivity contribution >= 4 is 30.1 Å². The van der Waals surface area contributed by atoms with Gasteiger partial charge in [-0.05, 0) is 68.9 Å². The number of benzene rings is 2. The third-order valence-corrected chi connectivity index (χ3v) is 9.68. The molecule has 1 saturated carbocycles. The van der Waals surface area contributed by atoms with Crippen molar-refractivity contribution in [2.75, 3.05) is 32.7 Å². The van der Waals surface area contributed by atoms with E-state index >= 15 is 0 Å². The fourth-order valence-corrected chi connectivity index (χ4v) is 7.10. The van der Waals surface area contributed by atoms with Gasteiger partial charge in [-0.15, -0.1) is 0 Å². The fourth-order valence-electron chi connectivity index (χ4n) is 7.10. The molecule has 3 atom stereocenters. The summed E-state index contributed by atoms with van der Waals surface area (Å²) in [6, 6.07) is 19.6. The van der Waals surface area contributed by atoms with Crippen molar-refractivity contribution in [2.24, 2.45) is 11.7 Å². The third-order valence-electron chi connectivity index (χ3n) is 9.68. The van der Waals surface area contributed by atoms with E-state index in [-0.39, 0.29) is 48.2 Å². The number of likely N-dealkylation sites (tertiary alicyclic amines) is 1. The fraction of sp³-hybridized carbons (Fsp3) is 0.541. The molecule has 3 fully saturated rings. The zero-order valence-electron chi connectivity index (χ0n) is 28.3. The first kappa shape index (κ1) is 36.4. The summed E-state index contributed by atoms with van der Waals surface area (Å²) >= 11 is 0. The van der Waals surface area contributed by atoms with E-state index in [1.165, 1.54) is 5.56 Å². The van der Waals surface area contributed by atoms with Crippen molar-refractivity contribution in [1.29, 1.82) is 5.41 Å². The molecule has 48 heavy (non-hydrogen) atoms. The summed E-state index contributed by atoms with van der Waals surface area (Å²) in [5, 5.41) is 13.2. The Morgan fingerprint density at radius 1 is 1.00 bits per heavy atom. The summed E-state index contributed by atoms with van der Waals surface area (Å²) in [4.78, 5) is 54.0. The van der Waals surface area contributed by atoms with Crippen LogP contribution in [0.4, 0.5) is 0 Å². The molecule has 3 aliphatic rings. The molecule has 0 radical (unpaired) electrons. The Morgan fingerprint density at radius 3 is 2.29 bits per heavy atom. The Bertz CT molecular complexity index is 1340. The van der Waals surface area contributed by atoms with Crippen molar-refractivity contribution < 1.29 is 19.2 Å². The minimum atomic E-state index is -0.491. The number of carbonyl (C=O) groups excluding carboxylic acids is 4. The lowest BCUT2D eigenvalue weighted by atomic mass is 9.91. The summed E-state index contributed by atoms with van der Waals surface area (Å²) in [7, 11) is 0. The Labute approximate surface area is 285 Å². The van der Waals surface area contributed by atoms with Crippen LogP contribution in [-0.2, 0) is 32.0 Å². The highest BCUT2D eigenvalue weighted by molar-refractivity contribution is 5.95. The van der Waals surface area contributed by atoms with Crippen molar-refractivity contribution in [1.82, 2.24) is 25.3 Å². The molecule has 0 spiro atoms. The molecule has 5 N–H and O–H groups in total. The van der Waals surface area contributed by atoms with Crippen LogP contribution in [0, 0.1) is 11.3 Å². The smallest absolute Gasteiger partial charge is 0.246 e. The number of piperazine rings is 1. The zero-order valence-corrected chi connectivity index (χ0v) is 28.3. The second-order valence-corrected chi connectivity index (χ2v) is 13.1. The number of rotatable bonds is 13. The second-order valence-electron chi connectivity index (χ2n) is 13.1. The van der Waals surface area contributed by atoms with Crippen molar-refractivity contribution in [3.05, 3.63) is 71.8 Å². The molecular formula is C37H53N7O4. The lowest BCUT2D eigenvalue weighted by Gasteiger charge is -2.40. The number of guanidine groups is 1. The number of aryl methyl sites for hydroxylation is 1. The average molecular weight is 660 g/mol. The molecule has 2 unspecified atom stereocenters. The van der Waals surface area contributed by atoms with Crippen LogP contribution in [0.1, 0.15) is 69.4 Å². The first-order valence-corrected chi connectivity index (χ1v) is 17.5. The number of hydrogen-bond donors (Lipinski definition) is 4. The van der Waals surface area contributed by atoms with Crippen molar-refractivity contribution in [3.8, 4) is 0 Å². The highest BCUT2D eigenvalue weighted by Gasteiger charge is 2.38. The topological polar surface area (TPSA) is 152 Å². The molecule has 0 aromatic heterocycles. The van der Waals surface area contributed by atoms with Gasteiger partial charge < -0.3 is 31.1 Å². The molecular weight excluding hydrogens is 606 g/mol. The monoisotopic (exact) mass is 659 g/mol. The Morgan fingerprint density at radius 2 is 1.67 bits per heavy atom. The quantitative estimate of drug-likeness (QED) is 0.147. The number of nitrogens with one attached hydrogen (secondary N) is 3. The van der Waals surface area contributed by atoms with Gasteiger partial charge in [0.2, 0.25) is 24.1 Å². The number of likely N-dealkylation sites (N-methyl/N-ethyl adjacent to an activating group) is 1. The maximum atomic E-state index is 13.0. The first-order valence-electron chi connectivity index (χ1n) is 17.5. The second kappa shape index (κ2) is 18.8. The van der Waals surface area contributed by atoms with Gasteiger partial charge in [0.05, 0.1) is 6.54 Å². The molecule has 11 heteroatoms. The van der Waals surface area contributed by atoms with Gasteiger partial charge >= 0.3 is 0 Å². The highest BCUT2D eigenvalue weighted by Crippen LogP contribution is 2.22. The number of nitrogens with zero attached hydrogens (tertiary/aromatic N) is 3. The predicted octanol–water partition coefficient (Wildman–Crippen LogP) is 3.08. The van der Waals surface area contributed by atoms with Crippen LogP contribution in [0.2, 0.25) is 0 Å². The van der Waals surface area contributed by atoms with Gasteiger partial charge in [0.1, 0.15) is 12.1 Å². The molecule has 0 bridgehead atoms. The van der Waals surface area contributed by atoms with Crippen LogP contribution in [-0.4, -0.2) is 95.6 Å². The average Bonchev–Trinajstić information content (AvgIpc) is 3.61. The van der Waals surface area contributed by atoms with Crippen molar-refractivity contribution in [3.63, 3.8) is 0 Å². The van der Waals surface area contributed by atoms with Crippen LogP contribution < -0.4 is 16.4 Å². The van der Waals surface area contributed by atoms with E-state index in [2.05, 4.69) is 22.8 Å². The van der Waals surface area contributed by atoms with Gasteiger partial charge in [-0.25, -0.2) is 0 Å². The summed E-state index contributed by atoms with van der Waals surface area (Å²) < 4.78 is 0. The molecule has 2 saturated heterocycles. The van der Waals surface area contributed by atoms with Gasteiger partial charge in [-0.2, -0.15) is 0 Å². The lowest BCUT2D eigenvalue weighted by molar-refractivity contribution is -0.155. The van der Waals surface area contributed by atoms with Crippen LogP contribution in [0.15, 0.2) is 60.7 Å². The summed E-state index contributed by atoms with van der Waals surface area (Å²) in [5.74, 6) is 0.388. The molecule has 2 aliphatic heterocycles. The van der Waals surface area contributed by atoms with E-state index in [4.69, 9.17) is 11.1 Å². The SMILES string of the molecule is CCN1C(=O)CN(CCCc2ccccc2)C(=O)C1Cc1ccccc1.N=C(N)N1CCCC(C[C@H](NC=O)C(=O)NC2CCCC2)C1. The Kier molecular flexibility index (Phi) is 14.3. The van der Waals surface area contributed by atoms with Crippen LogP contribution in [0.25, 0.3) is 0 Å². The molecule has 1 aliphatic carbocycles. The van der Waals surface area contributed by atoms with E-state index in [0.29, 0.717) is 38.9 Å². The van der Waals surface area contributed by atoms with E-state index in [1.54, 1.807) is 9.80 Å². The van der Waals surface area contributed by atoms with E-state index in [1.807, 2.05) is 60.4 Å². The van der Waals surface area contributed by atoms with Gasteiger partial charge in [-0.3, -0.25) is 24.6 Å².